The molecule has 0 spiro atoms. The summed E-state index contributed by atoms with van der Waals surface area (Å²) in [7, 11) is -2.37. The molecule has 0 radical (unpaired) electrons. The van der Waals surface area contributed by atoms with Crippen LogP contribution in [-0.4, -0.2) is 54.1 Å². The second kappa shape index (κ2) is 14.4. The summed E-state index contributed by atoms with van der Waals surface area (Å²) >= 11 is 0. The standard InChI is InChI=1S/2C11H23BNSi.2ClH.Sn/c2*1-14(2,3)13-12-10-6-4-7-11(12)9-5-8-10;;;/h2*10-11H,4-9H2,1-3H3;2*1H;/q2*-1;;;+4/p-2. The number of hydrogen-bond acceptors (Lipinski definition) is 0. The van der Waals surface area contributed by atoms with E-state index >= 15 is 0 Å². The van der Waals surface area contributed by atoms with Crippen molar-refractivity contribution in [1.29, 1.82) is 0 Å². The zero-order chi connectivity index (χ0) is 20.4. The van der Waals surface area contributed by atoms with Crippen LogP contribution in [0.4, 0.5) is 0 Å². The molecule has 0 unspecified atom stereocenters. The van der Waals surface area contributed by atoms with Gasteiger partial charge in [0, 0.05) is 13.7 Å². The van der Waals surface area contributed by atoms with Gasteiger partial charge in [0.05, 0.1) is 0 Å². The van der Waals surface area contributed by atoms with Crippen LogP contribution >= 0.6 is 0 Å². The van der Waals surface area contributed by atoms with Crippen LogP contribution in [0.1, 0.15) is 77.0 Å². The van der Waals surface area contributed by atoms with Crippen LogP contribution in [0.2, 0.25) is 62.6 Å². The van der Waals surface area contributed by atoms with Gasteiger partial charge in [0.25, 0.3) is 0 Å². The number of nitrogens with zero attached hydrogens (tertiary/aromatic N) is 2. The van der Waals surface area contributed by atoms with E-state index in [1.807, 2.05) is 0 Å². The van der Waals surface area contributed by atoms with E-state index in [-0.39, 0.29) is 48.7 Å². The monoisotopic (exact) mass is 606 g/mol. The first-order valence-corrected chi connectivity index (χ1v) is 19.5. The molecule has 4 aliphatic rings. The van der Waals surface area contributed by atoms with Gasteiger partial charge in [0.2, 0.25) is 0 Å². The number of rotatable bonds is 4. The van der Waals surface area contributed by atoms with Gasteiger partial charge in [-0.05, 0) is 0 Å². The Morgan fingerprint density at radius 1 is 0.484 bits per heavy atom. The minimum absolute atomic E-state index is 0. The molecule has 4 saturated heterocycles. The van der Waals surface area contributed by atoms with E-state index in [0.29, 0.717) is 0 Å². The number of halogens is 2. The first-order valence-electron chi connectivity index (χ1n) is 12.6. The first-order chi connectivity index (χ1) is 13.1. The Hall–Kier alpha value is 1.86. The molecule has 0 atom stereocenters. The van der Waals surface area contributed by atoms with Gasteiger partial charge in [-0.2, -0.15) is 0 Å². The van der Waals surface area contributed by atoms with Crippen LogP contribution in [0.15, 0.2) is 0 Å². The van der Waals surface area contributed by atoms with Gasteiger partial charge in [0.1, 0.15) is 0 Å². The zero-order valence-electron chi connectivity index (χ0n) is 21.1. The molecule has 0 aromatic rings. The summed E-state index contributed by atoms with van der Waals surface area (Å²) in [5.41, 5.74) is 0. The topological polar surface area (TPSA) is 28.2 Å². The van der Waals surface area contributed by atoms with Crippen LogP contribution in [0.25, 0.3) is 9.79 Å². The molecule has 0 saturated carbocycles. The summed E-state index contributed by atoms with van der Waals surface area (Å²) in [4.78, 5) is 10.4. The van der Waals surface area contributed by atoms with Crippen molar-refractivity contribution in [2.24, 2.45) is 0 Å². The normalized spacial score (nSPS) is 30.0. The Bertz CT molecular complexity index is 421. The van der Waals surface area contributed by atoms with Gasteiger partial charge >= 0.3 is 23.9 Å². The van der Waals surface area contributed by atoms with E-state index in [4.69, 9.17) is 9.79 Å². The van der Waals surface area contributed by atoms with Crippen LogP contribution in [0, 0.1) is 0 Å². The van der Waals surface area contributed by atoms with E-state index < -0.39 is 16.5 Å². The summed E-state index contributed by atoms with van der Waals surface area (Å²) < 4.78 is 0. The van der Waals surface area contributed by atoms with Gasteiger partial charge in [-0.15, -0.1) is 0 Å². The summed E-state index contributed by atoms with van der Waals surface area (Å²) in [6.07, 6.45) is 17.7. The first kappa shape index (κ1) is 32.9. The summed E-state index contributed by atoms with van der Waals surface area (Å²) in [6.45, 7) is 15.9. The largest absolute Gasteiger partial charge is 4.00 e. The molecule has 4 bridgehead atoms. The number of hydrogen-bond donors (Lipinski definition) is 0. The van der Waals surface area contributed by atoms with E-state index in [1.165, 1.54) is 77.0 Å². The quantitative estimate of drug-likeness (QED) is 0.440. The molecule has 9 heteroatoms. The minimum Gasteiger partial charge on any atom is -1.00 e. The molecule has 0 aromatic heterocycles. The predicted octanol–water partition coefficient (Wildman–Crippen LogP) is 2.22. The Morgan fingerprint density at radius 2 is 0.677 bits per heavy atom. The van der Waals surface area contributed by atoms with Gasteiger partial charge in [-0.3, -0.25) is 0 Å². The Morgan fingerprint density at radius 3 is 0.839 bits per heavy atom. The fourth-order valence-electron chi connectivity index (χ4n) is 6.60. The fourth-order valence-corrected chi connectivity index (χ4v) is 9.23. The fraction of sp³-hybridized carbons (Fsp3) is 1.00. The van der Waals surface area contributed by atoms with Crippen LogP contribution in [-0.2, 0) is 0 Å². The van der Waals surface area contributed by atoms with Crippen molar-refractivity contribution in [3.05, 3.63) is 9.79 Å². The molecule has 0 amide bonds. The van der Waals surface area contributed by atoms with Crippen LogP contribution < -0.4 is 24.8 Å². The third-order valence-corrected chi connectivity index (χ3v) is 9.75. The zero-order valence-corrected chi connectivity index (χ0v) is 27.5. The van der Waals surface area contributed by atoms with Gasteiger partial charge in [-0.1, -0.05) is 156 Å². The van der Waals surface area contributed by atoms with Crippen molar-refractivity contribution >= 4 is 54.1 Å². The van der Waals surface area contributed by atoms with E-state index in [9.17, 15) is 0 Å². The Kier molecular flexibility index (Phi) is 15.3. The average molecular weight is 606 g/mol. The molecule has 4 rings (SSSR count). The van der Waals surface area contributed by atoms with Crippen molar-refractivity contribution in [3.8, 4) is 0 Å². The van der Waals surface area contributed by atoms with Crippen molar-refractivity contribution in [1.82, 2.24) is 0 Å². The SMILES string of the molecule is C[Si](C)(C)[N-]B1C2CCCC1CCC2.C[Si](C)(C)[N-]B1C2CCCC1CCC2.[Cl-].[Cl-].[Sn+4]. The molecule has 31 heavy (non-hydrogen) atoms. The second-order valence-corrected chi connectivity index (χ2v) is 21.5. The third-order valence-electron chi connectivity index (χ3n) is 7.60. The van der Waals surface area contributed by atoms with E-state index in [2.05, 4.69) is 39.3 Å². The molecule has 0 aromatic carbocycles. The van der Waals surface area contributed by atoms with Crippen molar-refractivity contribution in [2.45, 2.75) is 140 Å². The van der Waals surface area contributed by atoms with Gasteiger partial charge in [0.15, 0.2) is 0 Å². The average Bonchev–Trinajstić information content (AvgIpc) is 2.52. The maximum Gasteiger partial charge on any atom is 4.00 e. The predicted molar refractivity (Wildman–Crippen MR) is 141 cm³/mol. The smallest absolute Gasteiger partial charge is 1.00 e. The van der Waals surface area contributed by atoms with Crippen molar-refractivity contribution in [3.63, 3.8) is 0 Å². The van der Waals surface area contributed by atoms with Gasteiger partial charge < -0.3 is 34.6 Å². The molecule has 0 N–H and O–H groups in total. The molecule has 4 fully saturated rings. The summed E-state index contributed by atoms with van der Waals surface area (Å²) in [6, 6.07) is 0. The number of fused-ring (bicyclic) bond motifs is 4. The van der Waals surface area contributed by atoms with E-state index in [1.54, 1.807) is 0 Å². The second-order valence-electron chi connectivity index (χ2n) is 12.3. The summed E-state index contributed by atoms with van der Waals surface area (Å²) in [5.74, 6) is 3.87. The van der Waals surface area contributed by atoms with Crippen LogP contribution in [0.3, 0.4) is 0 Å². The molecular formula is C22H46B2Cl2N2Si2Sn. The van der Waals surface area contributed by atoms with Gasteiger partial charge in [-0.25, -0.2) is 0 Å². The molecule has 176 valence electrons. The molecule has 4 heterocycles. The molecular weight excluding hydrogens is 560 g/mol. The Balaban J connectivity index is 0.000000529. The minimum atomic E-state index is -1.19. The summed E-state index contributed by atoms with van der Waals surface area (Å²) in [5, 5.41) is 0. The van der Waals surface area contributed by atoms with Crippen LogP contribution in [0.5, 0.6) is 0 Å². The maximum absolute atomic E-state index is 5.19. The molecule has 4 aliphatic heterocycles. The van der Waals surface area contributed by atoms with Crippen molar-refractivity contribution in [2.75, 3.05) is 0 Å². The maximum atomic E-state index is 5.19. The third kappa shape index (κ3) is 10.6. The molecule has 0 aliphatic carbocycles. The molecule has 2 nitrogen and oxygen atoms in total. The Labute approximate surface area is 226 Å². The van der Waals surface area contributed by atoms with E-state index in [0.717, 1.165) is 37.0 Å². The van der Waals surface area contributed by atoms with Crippen molar-refractivity contribution < 1.29 is 24.8 Å².